The van der Waals surface area contributed by atoms with Crippen LogP contribution >= 0.6 is 0 Å². The number of nitrogens with zero attached hydrogens (tertiary/aromatic N) is 1. The molecule has 114 valence electrons. The summed E-state index contributed by atoms with van der Waals surface area (Å²) in [6.07, 6.45) is 0. The van der Waals surface area contributed by atoms with Gasteiger partial charge in [0.2, 0.25) is 11.8 Å². The number of halogens is 1. The molecule has 1 N–H and O–H groups in total. The van der Waals surface area contributed by atoms with E-state index in [2.05, 4.69) is 5.32 Å². The third-order valence-corrected chi connectivity index (χ3v) is 3.80. The maximum absolute atomic E-state index is 13.0. The predicted octanol–water partition coefficient (Wildman–Crippen LogP) is 2.09. The van der Waals surface area contributed by atoms with Gasteiger partial charge in [-0.25, -0.2) is 4.39 Å². The van der Waals surface area contributed by atoms with Crippen molar-refractivity contribution in [3.05, 3.63) is 35.6 Å². The lowest BCUT2D eigenvalue weighted by atomic mass is 9.84. The molecule has 5 heteroatoms. The standard InChI is InChI=1S/C16H21FN2O2/c1-10-14(20)18-13(16(2,3)4)15(21)19(10)9-11-5-7-12(17)8-6-11/h5-8,10,13H,9H2,1-4H3,(H,18,20). The second kappa shape index (κ2) is 5.47. The Bertz CT molecular complexity index is 548. The number of hydrogen-bond donors (Lipinski definition) is 1. The maximum Gasteiger partial charge on any atom is 0.246 e. The molecule has 1 saturated heterocycles. The Labute approximate surface area is 124 Å². The summed E-state index contributed by atoms with van der Waals surface area (Å²) in [6.45, 7) is 7.77. The van der Waals surface area contributed by atoms with Crippen LogP contribution in [-0.4, -0.2) is 28.8 Å². The molecule has 1 aliphatic heterocycles. The van der Waals surface area contributed by atoms with Gasteiger partial charge in [0, 0.05) is 6.54 Å². The first kappa shape index (κ1) is 15.5. The smallest absolute Gasteiger partial charge is 0.246 e. The molecular weight excluding hydrogens is 271 g/mol. The fourth-order valence-electron chi connectivity index (χ4n) is 2.41. The van der Waals surface area contributed by atoms with E-state index in [0.717, 1.165) is 5.56 Å². The monoisotopic (exact) mass is 292 g/mol. The Hall–Kier alpha value is -1.91. The number of rotatable bonds is 2. The van der Waals surface area contributed by atoms with Crippen LogP contribution in [0, 0.1) is 11.2 Å². The molecule has 2 atom stereocenters. The summed E-state index contributed by atoms with van der Waals surface area (Å²) in [5, 5.41) is 2.79. The van der Waals surface area contributed by atoms with Crippen molar-refractivity contribution in [2.45, 2.75) is 46.3 Å². The van der Waals surface area contributed by atoms with Gasteiger partial charge in [0.1, 0.15) is 17.9 Å². The van der Waals surface area contributed by atoms with Crippen LogP contribution in [0.1, 0.15) is 33.3 Å². The summed E-state index contributed by atoms with van der Waals surface area (Å²) in [5.74, 6) is -0.572. The topological polar surface area (TPSA) is 49.4 Å². The Balaban J connectivity index is 2.24. The van der Waals surface area contributed by atoms with Gasteiger partial charge in [-0.1, -0.05) is 32.9 Å². The largest absolute Gasteiger partial charge is 0.342 e. The average Bonchev–Trinajstić information content (AvgIpc) is 2.40. The fraction of sp³-hybridized carbons (Fsp3) is 0.500. The normalized spacial score (nSPS) is 23.2. The third kappa shape index (κ3) is 3.23. The minimum Gasteiger partial charge on any atom is -0.342 e. The SMILES string of the molecule is CC1C(=O)NC(C(C)(C)C)C(=O)N1Cc1ccc(F)cc1. The molecule has 4 nitrogen and oxygen atoms in total. The van der Waals surface area contributed by atoms with Crippen molar-refractivity contribution in [2.75, 3.05) is 0 Å². The fourth-order valence-corrected chi connectivity index (χ4v) is 2.41. The van der Waals surface area contributed by atoms with Crippen molar-refractivity contribution in [1.82, 2.24) is 10.2 Å². The van der Waals surface area contributed by atoms with E-state index in [9.17, 15) is 14.0 Å². The quantitative estimate of drug-likeness (QED) is 0.907. The Morgan fingerprint density at radius 2 is 1.76 bits per heavy atom. The molecule has 0 saturated carbocycles. The van der Waals surface area contributed by atoms with Crippen LogP contribution in [0.4, 0.5) is 4.39 Å². The highest BCUT2D eigenvalue weighted by molar-refractivity contribution is 5.97. The maximum atomic E-state index is 13.0. The molecule has 1 aromatic rings. The van der Waals surface area contributed by atoms with Crippen LogP contribution < -0.4 is 5.32 Å². The van der Waals surface area contributed by atoms with Crippen molar-refractivity contribution in [3.63, 3.8) is 0 Å². The molecule has 2 rings (SSSR count). The molecule has 1 aliphatic rings. The molecule has 0 aliphatic carbocycles. The minimum atomic E-state index is -0.540. The summed E-state index contributed by atoms with van der Waals surface area (Å²) in [5.41, 5.74) is 0.451. The summed E-state index contributed by atoms with van der Waals surface area (Å²) in [6, 6.07) is 4.91. The first-order valence-electron chi connectivity index (χ1n) is 7.05. The van der Waals surface area contributed by atoms with Crippen LogP contribution in [0.3, 0.4) is 0 Å². The Morgan fingerprint density at radius 1 is 1.19 bits per heavy atom. The number of benzene rings is 1. The number of amides is 2. The zero-order valence-corrected chi connectivity index (χ0v) is 12.8. The van der Waals surface area contributed by atoms with E-state index >= 15 is 0 Å². The second-order valence-electron chi connectivity index (χ2n) is 6.58. The first-order valence-corrected chi connectivity index (χ1v) is 7.05. The van der Waals surface area contributed by atoms with Gasteiger partial charge in [0.25, 0.3) is 0 Å². The molecule has 0 aromatic heterocycles. The van der Waals surface area contributed by atoms with Crippen LogP contribution in [0.25, 0.3) is 0 Å². The molecular formula is C16H21FN2O2. The van der Waals surface area contributed by atoms with Crippen molar-refractivity contribution in [1.29, 1.82) is 0 Å². The zero-order valence-electron chi connectivity index (χ0n) is 12.8. The Kier molecular flexibility index (Phi) is 4.03. The van der Waals surface area contributed by atoms with Crippen LogP contribution in [0.15, 0.2) is 24.3 Å². The number of nitrogens with one attached hydrogen (secondary N) is 1. The molecule has 1 heterocycles. The number of carbonyl (C=O) groups is 2. The van der Waals surface area contributed by atoms with Crippen molar-refractivity contribution in [3.8, 4) is 0 Å². The van der Waals surface area contributed by atoms with E-state index < -0.39 is 12.1 Å². The summed E-state index contributed by atoms with van der Waals surface area (Å²) in [7, 11) is 0. The minimum absolute atomic E-state index is 0.0982. The van der Waals surface area contributed by atoms with E-state index in [-0.39, 0.29) is 23.0 Å². The highest BCUT2D eigenvalue weighted by Crippen LogP contribution is 2.26. The van der Waals surface area contributed by atoms with Crippen molar-refractivity contribution >= 4 is 11.8 Å². The molecule has 1 fully saturated rings. The lowest BCUT2D eigenvalue weighted by molar-refractivity contribution is -0.152. The molecule has 2 unspecified atom stereocenters. The second-order valence-corrected chi connectivity index (χ2v) is 6.58. The zero-order chi connectivity index (χ0) is 15.8. The van der Waals surface area contributed by atoms with E-state index in [0.29, 0.717) is 6.54 Å². The lowest BCUT2D eigenvalue weighted by Gasteiger charge is -2.42. The van der Waals surface area contributed by atoms with Crippen LogP contribution in [-0.2, 0) is 16.1 Å². The summed E-state index contributed by atoms with van der Waals surface area (Å²) in [4.78, 5) is 26.3. The Morgan fingerprint density at radius 3 is 2.29 bits per heavy atom. The third-order valence-electron chi connectivity index (χ3n) is 3.80. The van der Waals surface area contributed by atoms with Gasteiger partial charge < -0.3 is 10.2 Å². The molecule has 1 aromatic carbocycles. The van der Waals surface area contributed by atoms with Gasteiger partial charge in [-0.3, -0.25) is 9.59 Å². The van der Waals surface area contributed by atoms with Gasteiger partial charge in [-0.05, 0) is 30.0 Å². The van der Waals surface area contributed by atoms with E-state index in [1.165, 1.54) is 12.1 Å². The summed E-state index contributed by atoms with van der Waals surface area (Å²) < 4.78 is 13.0. The van der Waals surface area contributed by atoms with E-state index in [1.54, 1.807) is 24.0 Å². The van der Waals surface area contributed by atoms with Gasteiger partial charge in [0.15, 0.2) is 0 Å². The van der Waals surface area contributed by atoms with Gasteiger partial charge in [0.05, 0.1) is 0 Å². The van der Waals surface area contributed by atoms with Gasteiger partial charge >= 0.3 is 0 Å². The lowest BCUT2D eigenvalue weighted by Crippen LogP contribution is -2.65. The van der Waals surface area contributed by atoms with E-state index in [4.69, 9.17) is 0 Å². The van der Waals surface area contributed by atoms with Crippen LogP contribution in [0.5, 0.6) is 0 Å². The number of piperazine rings is 1. The molecule has 0 radical (unpaired) electrons. The first-order chi connectivity index (χ1) is 9.70. The number of carbonyl (C=O) groups excluding carboxylic acids is 2. The molecule has 21 heavy (non-hydrogen) atoms. The van der Waals surface area contributed by atoms with Crippen molar-refractivity contribution in [2.24, 2.45) is 5.41 Å². The highest BCUT2D eigenvalue weighted by atomic mass is 19.1. The molecule has 0 spiro atoms. The number of hydrogen-bond acceptors (Lipinski definition) is 2. The molecule has 0 bridgehead atoms. The average molecular weight is 292 g/mol. The van der Waals surface area contributed by atoms with Crippen LogP contribution in [0.2, 0.25) is 0 Å². The van der Waals surface area contributed by atoms with E-state index in [1.807, 2.05) is 20.8 Å². The predicted molar refractivity (Wildman–Crippen MR) is 77.8 cm³/mol. The van der Waals surface area contributed by atoms with Crippen molar-refractivity contribution < 1.29 is 14.0 Å². The molecule has 2 amide bonds. The summed E-state index contributed by atoms with van der Waals surface area (Å²) >= 11 is 0. The highest BCUT2D eigenvalue weighted by Gasteiger charge is 2.43. The van der Waals surface area contributed by atoms with Gasteiger partial charge in [-0.15, -0.1) is 0 Å². The van der Waals surface area contributed by atoms with Gasteiger partial charge in [-0.2, -0.15) is 0 Å².